The van der Waals surface area contributed by atoms with Crippen LogP contribution in [0.1, 0.15) is 11.3 Å². The minimum absolute atomic E-state index is 0.685. The van der Waals surface area contributed by atoms with E-state index in [0.29, 0.717) is 19.0 Å². The Morgan fingerprint density at radius 2 is 2.04 bits per heavy atom. The minimum Gasteiger partial charge on any atom is -0.455 e. The summed E-state index contributed by atoms with van der Waals surface area (Å²) in [5, 5.41) is 1.14. The van der Waals surface area contributed by atoms with Gasteiger partial charge in [0, 0.05) is 41.3 Å². The van der Waals surface area contributed by atoms with E-state index in [-0.39, 0.29) is 0 Å². The molecule has 1 aromatic carbocycles. The molecule has 0 spiro atoms. The molecular formula is C21H20N4O2. The second-order valence-corrected chi connectivity index (χ2v) is 6.70. The number of furan rings is 1. The fourth-order valence-electron chi connectivity index (χ4n) is 3.64. The summed E-state index contributed by atoms with van der Waals surface area (Å²) in [6.45, 7) is 8.81. The van der Waals surface area contributed by atoms with Gasteiger partial charge in [-0.15, -0.1) is 0 Å². The van der Waals surface area contributed by atoms with Crippen molar-refractivity contribution in [2.45, 2.75) is 6.92 Å². The summed E-state index contributed by atoms with van der Waals surface area (Å²) in [5.41, 5.74) is 4.52. The number of H-pyrrole nitrogens is 1. The highest BCUT2D eigenvalue weighted by molar-refractivity contribution is 5.93. The molecule has 0 saturated carbocycles. The minimum atomic E-state index is 0.685. The third-order valence-electron chi connectivity index (χ3n) is 5.06. The van der Waals surface area contributed by atoms with Gasteiger partial charge in [0.05, 0.1) is 13.2 Å². The van der Waals surface area contributed by atoms with Gasteiger partial charge in [-0.3, -0.25) is 0 Å². The maximum atomic E-state index is 6.04. The van der Waals surface area contributed by atoms with Crippen LogP contribution < -0.4 is 4.90 Å². The van der Waals surface area contributed by atoms with Crippen LogP contribution in [-0.4, -0.2) is 41.3 Å². The molecule has 6 heteroatoms. The maximum Gasteiger partial charge on any atom is 0.195 e. The number of hydrogen-bond donors (Lipinski definition) is 1. The molecule has 1 saturated heterocycles. The van der Waals surface area contributed by atoms with E-state index in [0.717, 1.165) is 57.8 Å². The first-order chi connectivity index (χ1) is 13.2. The van der Waals surface area contributed by atoms with E-state index in [4.69, 9.17) is 19.1 Å². The van der Waals surface area contributed by atoms with Crippen LogP contribution in [-0.2, 0) is 4.74 Å². The molecule has 4 aromatic rings. The van der Waals surface area contributed by atoms with Gasteiger partial charge in [0.15, 0.2) is 17.2 Å². The van der Waals surface area contributed by atoms with Crippen molar-refractivity contribution in [3.63, 3.8) is 0 Å². The number of benzene rings is 1. The number of aromatic amines is 1. The van der Waals surface area contributed by atoms with Crippen molar-refractivity contribution in [2.75, 3.05) is 31.2 Å². The lowest BCUT2D eigenvalue weighted by molar-refractivity contribution is 0.122. The van der Waals surface area contributed by atoms with Crippen molar-refractivity contribution in [2.24, 2.45) is 0 Å². The zero-order chi connectivity index (χ0) is 18.4. The van der Waals surface area contributed by atoms with E-state index >= 15 is 0 Å². The molecule has 6 nitrogen and oxygen atoms in total. The normalized spacial score (nSPS) is 14.9. The molecule has 3 aromatic heterocycles. The topological polar surface area (TPSA) is 67.2 Å². The Bertz CT molecular complexity index is 1150. The lowest BCUT2D eigenvalue weighted by Crippen LogP contribution is -2.37. The Morgan fingerprint density at radius 3 is 2.85 bits per heavy atom. The summed E-state index contributed by atoms with van der Waals surface area (Å²) >= 11 is 0. The largest absolute Gasteiger partial charge is 0.455 e. The van der Waals surface area contributed by atoms with Gasteiger partial charge in [0.25, 0.3) is 0 Å². The van der Waals surface area contributed by atoms with Crippen molar-refractivity contribution in [3.8, 4) is 11.4 Å². The van der Waals surface area contributed by atoms with Crippen LogP contribution in [0.4, 0.5) is 5.82 Å². The molecule has 1 N–H and O–H groups in total. The van der Waals surface area contributed by atoms with Crippen LogP contribution in [0.3, 0.4) is 0 Å². The number of aryl methyl sites for hydroxylation is 1. The summed E-state index contributed by atoms with van der Waals surface area (Å²) in [6.07, 6.45) is 3.74. The van der Waals surface area contributed by atoms with E-state index < -0.39 is 0 Å². The van der Waals surface area contributed by atoms with E-state index in [1.165, 1.54) is 0 Å². The van der Waals surface area contributed by atoms with Gasteiger partial charge >= 0.3 is 0 Å². The molecule has 4 heterocycles. The second-order valence-electron chi connectivity index (χ2n) is 6.70. The maximum absolute atomic E-state index is 6.04. The van der Waals surface area contributed by atoms with Crippen molar-refractivity contribution in [1.29, 1.82) is 0 Å². The summed E-state index contributed by atoms with van der Waals surface area (Å²) in [7, 11) is 0. The zero-order valence-electron chi connectivity index (χ0n) is 15.2. The first-order valence-electron chi connectivity index (χ1n) is 9.08. The zero-order valence-corrected chi connectivity index (χ0v) is 15.2. The number of rotatable bonds is 3. The van der Waals surface area contributed by atoms with Crippen LogP contribution in [0.2, 0.25) is 0 Å². The lowest BCUT2D eigenvalue weighted by atomic mass is 10.1. The predicted octanol–water partition coefficient (Wildman–Crippen LogP) is 4.16. The molecule has 0 radical (unpaired) electrons. The first kappa shape index (κ1) is 16.1. The molecule has 0 unspecified atom stereocenters. The van der Waals surface area contributed by atoms with Crippen molar-refractivity contribution in [3.05, 3.63) is 48.4 Å². The number of ether oxygens (including phenoxy) is 1. The molecule has 1 aliphatic rings. The molecule has 1 aliphatic heterocycles. The van der Waals surface area contributed by atoms with Crippen LogP contribution in [0.5, 0.6) is 0 Å². The Balaban J connectivity index is 1.75. The van der Waals surface area contributed by atoms with Crippen LogP contribution in [0, 0.1) is 6.92 Å². The highest BCUT2D eigenvalue weighted by atomic mass is 16.5. The van der Waals surface area contributed by atoms with E-state index in [9.17, 15) is 0 Å². The Kier molecular flexibility index (Phi) is 3.72. The third-order valence-corrected chi connectivity index (χ3v) is 5.06. The number of aromatic nitrogens is 3. The number of anilines is 1. The van der Waals surface area contributed by atoms with Gasteiger partial charge in [-0.25, -0.2) is 9.97 Å². The summed E-state index contributed by atoms with van der Waals surface area (Å²) in [5.74, 6) is 2.32. The fraction of sp³-hybridized carbons (Fsp3) is 0.238. The number of hydrogen-bond acceptors (Lipinski definition) is 5. The van der Waals surface area contributed by atoms with E-state index in [1.54, 1.807) is 6.08 Å². The van der Waals surface area contributed by atoms with Gasteiger partial charge in [0.2, 0.25) is 0 Å². The Labute approximate surface area is 156 Å². The van der Waals surface area contributed by atoms with Gasteiger partial charge < -0.3 is 19.0 Å². The average molecular weight is 360 g/mol. The predicted molar refractivity (Wildman–Crippen MR) is 107 cm³/mol. The fourth-order valence-corrected chi connectivity index (χ4v) is 3.64. The molecule has 0 atom stereocenters. The highest BCUT2D eigenvalue weighted by Crippen LogP contribution is 2.34. The molecule has 5 rings (SSSR count). The number of fused-ring (bicyclic) bond motifs is 2. The molecule has 0 bridgehead atoms. The summed E-state index contributed by atoms with van der Waals surface area (Å²) < 4.78 is 11.5. The van der Waals surface area contributed by atoms with E-state index in [2.05, 4.69) is 34.7 Å². The number of nitrogens with zero attached hydrogens (tertiary/aromatic N) is 3. The molecule has 0 amide bonds. The number of nitrogens with one attached hydrogen (secondary N) is 1. The molecule has 1 fully saturated rings. The second kappa shape index (κ2) is 6.25. The van der Waals surface area contributed by atoms with Crippen molar-refractivity contribution in [1.82, 2.24) is 15.0 Å². The number of morpholine rings is 1. The summed E-state index contributed by atoms with van der Waals surface area (Å²) in [6, 6.07) is 8.26. The van der Waals surface area contributed by atoms with Gasteiger partial charge in [-0.2, -0.15) is 0 Å². The van der Waals surface area contributed by atoms with Gasteiger partial charge in [-0.1, -0.05) is 12.7 Å². The standard InChI is InChI=1S/C21H20N4O2/c1-3-16-13(2)27-19-18(16)23-20(24-21(19)25-8-10-26-11-9-25)15-4-5-17-14(12-15)6-7-22-17/h3-7,12,22H,1,8-11H2,2H3. The van der Waals surface area contributed by atoms with Crippen LogP contribution >= 0.6 is 0 Å². The average Bonchev–Trinajstić information content (AvgIpc) is 3.30. The lowest BCUT2D eigenvalue weighted by Gasteiger charge is -2.27. The smallest absolute Gasteiger partial charge is 0.195 e. The highest BCUT2D eigenvalue weighted by Gasteiger charge is 2.23. The first-order valence-corrected chi connectivity index (χ1v) is 9.08. The molecule has 27 heavy (non-hydrogen) atoms. The Hall–Kier alpha value is -3.12. The third kappa shape index (κ3) is 2.61. The monoisotopic (exact) mass is 360 g/mol. The van der Waals surface area contributed by atoms with E-state index in [1.807, 2.05) is 19.2 Å². The van der Waals surface area contributed by atoms with Crippen LogP contribution in [0.15, 0.2) is 41.5 Å². The SMILES string of the molecule is C=Cc1c(C)oc2c(N3CCOCC3)nc(-c3ccc4[nH]ccc4c3)nc12. The summed E-state index contributed by atoms with van der Waals surface area (Å²) in [4.78, 5) is 15.2. The van der Waals surface area contributed by atoms with Crippen molar-refractivity contribution >= 4 is 33.9 Å². The molecular weight excluding hydrogens is 340 g/mol. The quantitative estimate of drug-likeness (QED) is 0.594. The molecule has 136 valence electrons. The van der Waals surface area contributed by atoms with Crippen LogP contribution in [0.25, 0.3) is 39.5 Å². The molecule has 0 aliphatic carbocycles. The Morgan fingerprint density at radius 1 is 1.19 bits per heavy atom. The van der Waals surface area contributed by atoms with Gasteiger partial charge in [0.1, 0.15) is 11.3 Å². The van der Waals surface area contributed by atoms with Crippen molar-refractivity contribution < 1.29 is 9.15 Å². The van der Waals surface area contributed by atoms with Gasteiger partial charge in [-0.05, 0) is 31.2 Å².